The molecule has 2 aliphatic carbocycles. The van der Waals surface area contributed by atoms with Crippen molar-refractivity contribution in [3.8, 4) is 0 Å². The molecule has 0 aromatic heterocycles. The van der Waals surface area contributed by atoms with Gasteiger partial charge in [-0.15, -0.1) is 0 Å². The SMILES string of the molecule is Cc1cccc(NC(=O)c2ccccc2N2C(=O)[C@@H]3[C@@H]4C[C@@H]([C@H]3C2=O)[C@H](c2ccccc2)C4)c1C. The molecule has 5 heteroatoms. The van der Waals surface area contributed by atoms with Crippen molar-refractivity contribution in [3.63, 3.8) is 0 Å². The van der Waals surface area contributed by atoms with E-state index >= 15 is 0 Å². The molecule has 5 nitrogen and oxygen atoms in total. The molecule has 3 aliphatic rings. The number of nitrogens with one attached hydrogen (secondary N) is 1. The van der Waals surface area contributed by atoms with E-state index in [0.29, 0.717) is 17.2 Å². The molecule has 1 N–H and O–H groups in total. The van der Waals surface area contributed by atoms with Gasteiger partial charge in [-0.2, -0.15) is 0 Å². The van der Waals surface area contributed by atoms with Crippen LogP contribution in [0.4, 0.5) is 11.4 Å². The number of para-hydroxylation sites is 1. The molecule has 3 aromatic carbocycles. The maximum atomic E-state index is 13.8. The number of nitrogens with zero attached hydrogens (tertiary/aromatic N) is 1. The highest BCUT2D eigenvalue weighted by Gasteiger charge is 2.64. The first kappa shape index (κ1) is 21.8. The first-order valence-electron chi connectivity index (χ1n) is 12.3. The first-order chi connectivity index (χ1) is 17.0. The maximum absolute atomic E-state index is 13.8. The summed E-state index contributed by atoms with van der Waals surface area (Å²) in [5, 5.41) is 2.98. The summed E-state index contributed by atoms with van der Waals surface area (Å²) in [5.74, 6) is -0.508. The van der Waals surface area contributed by atoms with E-state index in [0.717, 1.165) is 29.7 Å². The standard InChI is InChI=1S/C30H28N2O3/c1-17-9-8-13-24(18(17)2)31-28(33)21-12-6-7-14-25(21)32-29(34)26-20-15-22(19-10-4-3-5-11-19)23(16-20)27(26)30(32)35/h3-14,20,22-23,26-27H,15-16H2,1-2H3,(H,31,33)/t20-,22-,23+,26+,27+/m0/s1. The molecule has 2 bridgehead atoms. The van der Waals surface area contributed by atoms with Crippen molar-refractivity contribution >= 4 is 29.1 Å². The van der Waals surface area contributed by atoms with E-state index in [4.69, 9.17) is 0 Å². The van der Waals surface area contributed by atoms with E-state index in [-0.39, 0.29) is 41.4 Å². The van der Waals surface area contributed by atoms with Crippen molar-refractivity contribution < 1.29 is 14.4 Å². The van der Waals surface area contributed by atoms with Gasteiger partial charge >= 0.3 is 0 Å². The Morgan fingerprint density at radius 3 is 2.34 bits per heavy atom. The van der Waals surface area contributed by atoms with Crippen LogP contribution in [0.15, 0.2) is 72.8 Å². The zero-order chi connectivity index (χ0) is 24.3. The minimum Gasteiger partial charge on any atom is -0.322 e. The fourth-order valence-electron chi connectivity index (χ4n) is 6.72. The summed E-state index contributed by atoms with van der Waals surface area (Å²) < 4.78 is 0. The monoisotopic (exact) mass is 464 g/mol. The quantitative estimate of drug-likeness (QED) is 0.520. The molecule has 3 fully saturated rings. The fraction of sp³-hybridized carbons (Fsp3) is 0.300. The van der Waals surface area contributed by atoms with Crippen LogP contribution in [0, 0.1) is 37.5 Å². The number of rotatable bonds is 4. The van der Waals surface area contributed by atoms with E-state index in [9.17, 15) is 14.4 Å². The predicted octanol–water partition coefficient (Wildman–Crippen LogP) is 5.48. The second kappa shape index (κ2) is 8.19. The number of benzene rings is 3. The minimum atomic E-state index is -0.322. The Morgan fingerprint density at radius 2 is 1.54 bits per heavy atom. The van der Waals surface area contributed by atoms with Crippen LogP contribution in [-0.2, 0) is 9.59 Å². The van der Waals surface area contributed by atoms with E-state index < -0.39 is 0 Å². The van der Waals surface area contributed by atoms with Gasteiger partial charge in [0, 0.05) is 5.69 Å². The van der Waals surface area contributed by atoms with E-state index in [1.165, 1.54) is 10.5 Å². The second-order valence-corrected chi connectivity index (χ2v) is 10.2. The molecule has 1 aliphatic heterocycles. The molecule has 1 heterocycles. The van der Waals surface area contributed by atoms with Gasteiger partial charge in [0.1, 0.15) is 0 Å². The third kappa shape index (κ3) is 3.33. The first-order valence-corrected chi connectivity index (χ1v) is 12.3. The molecule has 0 unspecified atom stereocenters. The number of hydrogen-bond donors (Lipinski definition) is 1. The van der Waals surface area contributed by atoms with E-state index in [1.807, 2.05) is 50.2 Å². The van der Waals surface area contributed by atoms with E-state index in [2.05, 4.69) is 17.4 Å². The average molecular weight is 465 g/mol. The molecule has 2 saturated carbocycles. The molecule has 0 radical (unpaired) electrons. The summed E-state index contributed by atoms with van der Waals surface area (Å²) in [5.41, 5.74) is 4.77. The minimum absolute atomic E-state index is 0.147. The van der Waals surface area contributed by atoms with Crippen molar-refractivity contribution in [2.75, 3.05) is 10.2 Å². The number of hydrogen-bond acceptors (Lipinski definition) is 3. The summed E-state index contributed by atoms with van der Waals surface area (Å²) in [4.78, 5) is 42.0. The molecule has 176 valence electrons. The number of amides is 3. The predicted molar refractivity (Wildman–Crippen MR) is 135 cm³/mol. The lowest BCUT2D eigenvalue weighted by molar-refractivity contribution is -0.123. The number of carbonyl (C=O) groups excluding carboxylic acids is 3. The maximum Gasteiger partial charge on any atom is 0.257 e. The van der Waals surface area contributed by atoms with Crippen molar-refractivity contribution in [3.05, 3.63) is 95.1 Å². The van der Waals surface area contributed by atoms with Crippen LogP contribution in [0.5, 0.6) is 0 Å². The van der Waals surface area contributed by atoms with Crippen LogP contribution >= 0.6 is 0 Å². The highest BCUT2D eigenvalue weighted by atomic mass is 16.2. The van der Waals surface area contributed by atoms with Crippen LogP contribution in [0.25, 0.3) is 0 Å². The van der Waals surface area contributed by atoms with Crippen LogP contribution in [0.2, 0.25) is 0 Å². The highest BCUT2D eigenvalue weighted by Crippen LogP contribution is 2.62. The zero-order valence-corrected chi connectivity index (χ0v) is 19.9. The Morgan fingerprint density at radius 1 is 0.829 bits per heavy atom. The Bertz CT molecular complexity index is 1350. The van der Waals surface area contributed by atoms with Crippen molar-refractivity contribution in [2.24, 2.45) is 23.7 Å². The number of fused-ring (bicyclic) bond motifs is 5. The Hall–Kier alpha value is -3.73. The molecule has 0 spiro atoms. The lowest BCUT2D eigenvalue weighted by Crippen LogP contribution is -2.34. The third-order valence-corrected chi connectivity index (χ3v) is 8.49. The van der Waals surface area contributed by atoms with E-state index in [1.54, 1.807) is 24.3 Å². The summed E-state index contributed by atoms with van der Waals surface area (Å²) in [6, 6.07) is 23.0. The molecule has 1 saturated heterocycles. The average Bonchev–Trinajstić information content (AvgIpc) is 3.54. The largest absolute Gasteiger partial charge is 0.322 e. The Kier molecular flexibility index (Phi) is 5.10. The van der Waals surface area contributed by atoms with Gasteiger partial charge in [0.15, 0.2) is 0 Å². The van der Waals surface area contributed by atoms with Gasteiger partial charge < -0.3 is 5.32 Å². The van der Waals surface area contributed by atoms with Crippen molar-refractivity contribution in [1.82, 2.24) is 0 Å². The van der Waals surface area contributed by atoms with Gasteiger partial charge in [-0.05, 0) is 79.3 Å². The molecule has 5 atom stereocenters. The van der Waals surface area contributed by atoms with Gasteiger partial charge in [0.05, 0.1) is 23.1 Å². The van der Waals surface area contributed by atoms with Crippen molar-refractivity contribution in [2.45, 2.75) is 32.6 Å². The van der Waals surface area contributed by atoms with Gasteiger partial charge in [-0.1, -0.05) is 54.6 Å². The fourth-order valence-corrected chi connectivity index (χ4v) is 6.72. The topological polar surface area (TPSA) is 66.5 Å². The van der Waals surface area contributed by atoms with Crippen molar-refractivity contribution in [1.29, 1.82) is 0 Å². The number of carbonyl (C=O) groups is 3. The summed E-state index contributed by atoms with van der Waals surface area (Å²) in [6.07, 6.45) is 1.87. The van der Waals surface area contributed by atoms with Gasteiger partial charge in [-0.25, -0.2) is 4.90 Å². The number of imide groups is 1. The van der Waals surface area contributed by atoms with Gasteiger partial charge in [-0.3, -0.25) is 14.4 Å². The third-order valence-electron chi connectivity index (χ3n) is 8.49. The molecular weight excluding hydrogens is 436 g/mol. The summed E-state index contributed by atoms with van der Waals surface area (Å²) >= 11 is 0. The normalized spacial score (nSPS) is 26.8. The lowest BCUT2D eigenvalue weighted by Gasteiger charge is -2.28. The molecule has 3 aromatic rings. The lowest BCUT2D eigenvalue weighted by atomic mass is 9.73. The molecule has 6 rings (SSSR count). The highest BCUT2D eigenvalue weighted by molar-refractivity contribution is 6.25. The van der Waals surface area contributed by atoms with Gasteiger partial charge in [0.25, 0.3) is 5.91 Å². The van der Waals surface area contributed by atoms with Gasteiger partial charge in [0.2, 0.25) is 11.8 Å². The van der Waals surface area contributed by atoms with Crippen LogP contribution in [0.1, 0.15) is 45.8 Å². The molecular formula is C30H28N2O3. The second-order valence-electron chi connectivity index (χ2n) is 10.2. The number of anilines is 2. The van der Waals surface area contributed by atoms with Crippen LogP contribution < -0.4 is 10.2 Å². The molecule has 3 amide bonds. The smallest absolute Gasteiger partial charge is 0.257 e. The summed E-state index contributed by atoms with van der Waals surface area (Å²) in [7, 11) is 0. The number of aryl methyl sites for hydroxylation is 1. The van der Waals surface area contributed by atoms with Crippen LogP contribution in [0.3, 0.4) is 0 Å². The van der Waals surface area contributed by atoms with Crippen LogP contribution in [-0.4, -0.2) is 17.7 Å². The Balaban J connectivity index is 1.31. The zero-order valence-electron chi connectivity index (χ0n) is 19.9. The Labute approximate surface area is 205 Å². The molecule has 35 heavy (non-hydrogen) atoms. The summed E-state index contributed by atoms with van der Waals surface area (Å²) in [6.45, 7) is 3.96.